The van der Waals surface area contributed by atoms with Gasteiger partial charge in [-0.1, -0.05) is 59.8 Å². The topological polar surface area (TPSA) is 72.2 Å². The third-order valence-corrected chi connectivity index (χ3v) is 4.83. The third-order valence-electron chi connectivity index (χ3n) is 3.86. The van der Waals surface area contributed by atoms with E-state index in [2.05, 4.69) is 9.88 Å². The molecule has 1 aromatic heterocycles. The first kappa shape index (κ1) is 17.0. The van der Waals surface area contributed by atoms with Crippen LogP contribution in [0.25, 0.3) is 17.2 Å². The summed E-state index contributed by atoms with van der Waals surface area (Å²) in [5.41, 5.74) is 4.11. The minimum atomic E-state index is -3.71. The van der Waals surface area contributed by atoms with Crippen molar-refractivity contribution in [3.63, 3.8) is 0 Å². The van der Waals surface area contributed by atoms with Crippen LogP contribution in [0.15, 0.2) is 64.5 Å². The van der Waals surface area contributed by atoms with E-state index in [1.165, 1.54) is 0 Å². The van der Waals surface area contributed by atoms with Gasteiger partial charge in [-0.25, -0.2) is 13.1 Å². The van der Waals surface area contributed by atoms with Crippen LogP contribution in [0.4, 0.5) is 5.88 Å². The Morgan fingerprint density at radius 1 is 1.00 bits per heavy atom. The number of nitrogens with one attached hydrogen (secondary N) is 1. The highest BCUT2D eigenvalue weighted by atomic mass is 32.2. The number of sulfonamides is 1. The van der Waals surface area contributed by atoms with Crippen molar-refractivity contribution in [1.29, 1.82) is 0 Å². The second-order valence-corrected chi connectivity index (χ2v) is 7.19. The molecule has 3 aromatic rings. The Morgan fingerprint density at radius 3 is 2.36 bits per heavy atom. The smallest absolute Gasteiger partial charge is 0.257 e. The number of rotatable bonds is 5. The molecule has 0 aliphatic heterocycles. The molecule has 25 heavy (non-hydrogen) atoms. The lowest BCUT2D eigenvalue weighted by Crippen LogP contribution is -2.09. The maximum atomic E-state index is 12.3. The quantitative estimate of drug-likeness (QED) is 0.738. The molecule has 1 N–H and O–H groups in total. The molecule has 0 spiro atoms. The van der Waals surface area contributed by atoms with E-state index in [4.69, 9.17) is 4.52 Å². The van der Waals surface area contributed by atoms with Crippen LogP contribution in [-0.4, -0.2) is 13.6 Å². The summed E-state index contributed by atoms with van der Waals surface area (Å²) < 4.78 is 32.0. The average molecular weight is 354 g/mol. The minimum Gasteiger partial charge on any atom is -0.337 e. The number of aryl methyl sites for hydroxylation is 1. The van der Waals surface area contributed by atoms with E-state index in [0.717, 1.165) is 22.1 Å². The maximum Gasteiger partial charge on any atom is 0.257 e. The Morgan fingerprint density at radius 2 is 1.68 bits per heavy atom. The molecule has 2 aromatic carbocycles. The lowest BCUT2D eigenvalue weighted by molar-refractivity contribution is 0.430. The van der Waals surface area contributed by atoms with Gasteiger partial charge >= 0.3 is 0 Å². The van der Waals surface area contributed by atoms with Crippen molar-refractivity contribution in [2.45, 2.75) is 13.8 Å². The minimum absolute atomic E-state index is 0.137. The molecular formula is C19H18N2O3S. The van der Waals surface area contributed by atoms with Crippen molar-refractivity contribution in [2.24, 2.45) is 0 Å². The van der Waals surface area contributed by atoms with Crippen LogP contribution >= 0.6 is 0 Å². The fourth-order valence-electron chi connectivity index (χ4n) is 2.36. The van der Waals surface area contributed by atoms with Gasteiger partial charge in [-0.3, -0.25) is 0 Å². The highest BCUT2D eigenvalue weighted by Crippen LogP contribution is 2.25. The van der Waals surface area contributed by atoms with E-state index in [0.29, 0.717) is 11.3 Å². The number of aromatic nitrogens is 1. The van der Waals surface area contributed by atoms with Crippen molar-refractivity contribution >= 4 is 22.0 Å². The summed E-state index contributed by atoms with van der Waals surface area (Å²) in [6, 6.07) is 17.4. The predicted octanol–water partition coefficient (Wildman–Crippen LogP) is 4.37. The normalized spacial score (nSPS) is 11.8. The summed E-state index contributed by atoms with van der Waals surface area (Å²) in [4.78, 5) is 0. The summed E-state index contributed by atoms with van der Waals surface area (Å²) in [5, 5.41) is 4.88. The Hall–Kier alpha value is -2.86. The second-order valence-electron chi connectivity index (χ2n) is 5.63. The molecule has 0 aliphatic rings. The molecule has 1 heterocycles. The molecule has 0 atom stereocenters. The molecule has 0 amide bonds. The van der Waals surface area contributed by atoms with Crippen molar-refractivity contribution in [2.75, 3.05) is 4.72 Å². The Kier molecular flexibility index (Phi) is 4.72. The predicted molar refractivity (Wildman–Crippen MR) is 99.4 cm³/mol. The summed E-state index contributed by atoms with van der Waals surface area (Å²) in [6.45, 7) is 3.50. The Balaban J connectivity index is 1.88. The van der Waals surface area contributed by atoms with E-state index in [-0.39, 0.29) is 5.88 Å². The zero-order valence-electron chi connectivity index (χ0n) is 13.9. The van der Waals surface area contributed by atoms with E-state index in [1.807, 2.05) is 54.6 Å². The van der Waals surface area contributed by atoms with Crippen molar-refractivity contribution in [3.05, 3.63) is 76.8 Å². The molecule has 6 heteroatoms. The van der Waals surface area contributed by atoms with Gasteiger partial charge in [-0.15, -0.1) is 0 Å². The van der Waals surface area contributed by atoms with Gasteiger partial charge in [0.15, 0.2) is 0 Å². The van der Waals surface area contributed by atoms with Gasteiger partial charge in [0.1, 0.15) is 0 Å². The van der Waals surface area contributed by atoms with Crippen molar-refractivity contribution in [1.82, 2.24) is 5.16 Å². The van der Waals surface area contributed by atoms with Gasteiger partial charge in [-0.05, 0) is 36.6 Å². The molecule has 0 saturated carbocycles. The van der Waals surface area contributed by atoms with E-state index in [9.17, 15) is 8.42 Å². The fourth-order valence-corrected chi connectivity index (χ4v) is 3.20. The van der Waals surface area contributed by atoms with Crippen LogP contribution in [0.3, 0.4) is 0 Å². The summed E-state index contributed by atoms with van der Waals surface area (Å²) >= 11 is 0. The lowest BCUT2D eigenvalue weighted by atomic mass is 10.00. The highest BCUT2D eigenvalue weighted by Gasteiger charge is 2.14. The molecule has 5 nitrogen and oxygen atoms in total. The zero-order chi connectivity index (χ0) is 17.9. The lowest BCUT2D eigenvalue weighted by Gasteiger charge is -2.06. The first-order valence-corrected chi connectivity index (χ1v) is 9.29. The third kappa shape index (κ3) is 3.97. The standard InChI is InChI=1S/C19H18N2O3S/c1-14-15(2)20-24-19(14)21-25(22,23)13-12-17-10-6-7-11-18(17)16-8-4-3-5-9-16/h3-13,21H,1-2H3. The Bertz CT molecular complexity index is 1010. The van der Waals surface area contributed by atoms with Crippen LogP contribution in [0.5, 0.6) is 0 Å². The van der Waals surface area contributed by atoms with Gasteiger partial charge in [-0.2, -0.15) is 0 Å². The van der Waals surface area contributed by atoms with Gasteiger partial charge in [0.25, 0.3) is 10.0 Å². The highest BCUT2D eigenvalue weighted by molar-refractivity contribution is 7.95. The number of nitrogens with zero attached hydrogens (tertiary/aromatic N) is 1. The first-order valence-electron chi connectivity index (χ1n) is 7.74. The monoisotopic (exact) mass is 354 g/mol. The summed E-state index contributed by atoms with van der Waals surface area (Å²) in [5.74, 6) is 0.137. The van der Waals surface area contributed by atoms with Crippen LogP contribution in [0.2, 0.25) is 0 Å². The number of hydrogen-bond acceptors (Lipinski definition) is 4. The SMILES string of the molecule is Cc1noc(NS(=O)(=O)C=Cc2ccccc2-c2ccccc2)c1C. The van der Waals surface area contributed by atoms with Gasteiger partial charge in [0.05, 0.1) is 11.1 Å². The van der Waals surface area contributed by atoms with Crippen LogP contribution < -0.4 is 4.72 Å². The molecule has 128 valence electrons. The van der Waals surface area contributed by atoms with E-state index in [1.54, 1.807) is 19.9 Å². The van der Waals surface area contributed by atoms with Crippen LogP contribution in [-0.2, 0) is 10.0 Å². The number of hydrogen-bond donors (Lipinski definition) is 1. The molecule has 0 fully saturated rings. The average Bonchev–Trinajstić information content (AvgIpc) is 2.93. The molecule has 0 radical (unpaired) electrons. The summed E-state index contributed by atoms with van der Waals surface area (Å²) in [7, 11) is -3.71. The molecule has 0 unspecified atom stereocenters. The van der Waals surface area contributed by atoms with Crippen molar-refractivity contribution < 1.29 is 12.9 Å². The Labute approximate surface area is 147 Å². The molecule has 3 rings (SSSR count). The molecule has 0 bridgehead atoms. The van der Waals surface area contributed by atoms with Gasteiger partial charge in [0.2, 0.25) is 5.88 Å². The maximum absolute atomic E-state index is 12.3. The van der Waals surface area contributed by atoms with Crippen LogP contribution in [0.1, 0.15) is 16.8 Å². The number of anilines is 1. The zero-order valence-corrected chi connectivity index (χ0v) is 14.7. The van der Waals surface area contributed by atoms with Crippen LogP contribution in [0, 0.1) is 13.8 Å². The van der Waals surface area contributed by atoms with Crippen molar-refractivity contribution in [3.8, 4) is 11.1 Å². The fraction of sp³-hybridized carbons (Fsp3) is 0.105. The van der Waals surface area contributed by atoms with E-state index >= 15 is 0 Å². The molecule has 0 saturated heterocycles. The first-order chi connectivity index (χ1) is 12.0. The molecule has 0 aliphatic carbocycles. The van der Waals surface area contributed by atoms with E-state index < -0.39 is 10.0 Å². The summed E-state index contributed by atoms with van der Waals surface area (Å²) in [6.07, 6.45) is 1.57. The largest absolute Gasteiger partial charge is 0.337 e. The van der Waals surface area contributed by atoms with Gasteiger partial charge in [0, 0.05) is 5.56 Å². The second kappa shape index (κ2) is 6.94. The molecular weight excluding hydrogens is 336 g/mol. The number of benzene rings is 2. The van der Waals surface area contributed by atoms with Gasteiger partial charge < -0.3 is 4.52 Å².